The number of pyridine rings is 1. The zero-order chi connectivity index (χ0) is 8.55. The quantitative estimate of drug-likeness (QED) is 0.619. The Bertz CT molecular complexity index is 296. The maximum atomic E-state index is 4.41. The van der Waals surface area contributed by atoms with Gasteiger partial charge in [0, 0.05) is 6.20 Å². The first-order valence-corrected chi connectivity index (χ1v) is 5.29. The number of rotatable bonds is 0. The molecular weight excluding hydrogens is 214 g/mol. The van der Waals surface area contributed by atoms with Crippen LogP contribution in [-0.2, 0) is 6.42 Å². The van der Waals surface area contributed by atoms with Crippen LogP contribution < -0.4 is 0 Å². The zero-order valence-electron chi connectivity index (χ0n) is 7.18. The Balaban J connectivity index is 2.52. The highest BCUT2D eigenvalue weighted by Gasteiger charge is 2.19. The van der Waals surface area contributed by atoms with Crippen LogP contribution >= 0.6 is 15.9 Å². The molecule has 0 radical (unpaired) electrons. The molecule has 1 aliphatic rings. The summed E-state index contributed by atoms with van der Waals surface area (Å²) >= 11 is 3.66. The summed E-state index contributed by atoms with van der Waals surface area (Å²) in [6, 6.07) is 2.10. The lowest BCUT2D eigenvalue weighted by Gasteiger charge is -2.20. The van der Waals surface area contributed by atoms with Crippen LogP contribution in [0.5, 0.6) is 0 Å². The molecule has 0 saturated heterocycles. The van der Waals surface area contributed by atoms with E-state index in [4.69, 9.17) is 0 Å². The minimum atomic E-state index is 0.487. The molecule has 2 rings (SSSR count). The molecule has 0 aliphatic heterocycles. The van der Waals surface area contributed by atoms with Crippen LogP contribution in [0, 0.1) is 6.92 Å². The van der Waals surface area contributed by atoms with Crippen LogP contribution in [0.1, 0.15) is 34.5 Å². The van der Waals surface area contributed by atoms with Crippen molar-refractivity contribution in [1.82, 2.24) is 4.98 Å². The van der Waals surface area contributed by atoms with E-state index in [-0.39, 0.29) is 0 Å². The molecule has 1 nitrogen and oxygen atoms in total. The molecule has 0 N–H and O–H groups in total. The molecule has 0 bridgehead atoms. The maximum Gasteiger partial charge on any atom is 0.0574 e. The van der Waals surface area contributed by atoms with Crippen molar-refractivity contribution in [2.24, 2.45) is 0 Å². The Labute approximate surface area is 81.3 Å². The molecule has 1 heterocycles. The summed E-state index contributed by atoms with van der Waals surface area (Å²) in [5.41, 5.74) is 4.12. The lowest BCUT2D eigenvalue weighted by Crippen LogP contribution is -2.08. The summed E-state index contributed by atoms with van der Waals surface area (Å²) in [6.07, 6.45) is 5.63. The fourth-order valence-electron chi connectivity index (χ4n) is 1.80. The molecule has 0 saturated carbocycles. The third-order valence-electron chi connectivity index (χ3n) is 2.50. The van der Waals surface area contributed by atoms with Crippen molar-refractivity contribution in [3.8, 4) is 0 Å². The lowest BCUT2D eigenvalue weighted by atomic mass is 9.93. The number of halogens is 1. The number of aromatic nitrogens is 1. The van der Waals surface area contributed by atoms with Gasteiger partial charge in [-0.05, 0) is 43.4 Å². The summed E-state index contributed by atoms with van der Waals surface area (Å²) in [4.78, 5) is 4.90. The van der Waals surface area contributed by atoms with E-state index in [1.807, 2.05) is 6.20 Å². The molecule has 0 unspecified atom stereocenters. The Morgan fingerprint density at radius 1 is 1.58 bits per heavy atom. The van der Waals surface area contributed by atoms with E-state index in [1.165, 1.54) is 36.1 Å². The molecule has 0 amide bonds. The Morgan fingerprint density at radius 2 is 2.42 bits per heavy atom. The number of hydrogen-bond acceptors (Lipinski definition) is 1. The number of hydrogen-bond donors (Lipinski definition) is 0. The number of aryl methyl sites for hydroxylation is 1. The van der Waals surface area contributed by atoms with Crippen LogP contribution in [0.15, 0.2) is 12.3 Å². The maximum absolute atomic E-state index is 4.41. The van der Waals surface area contributed by atoms with E-state index in [1.54, 1.807) is 0 Å². The summed E-state index contributed by atoms with van der Waals surface area (Å²) < 4.78 is 0. The van der Waals surface area contributed by atoms with Crippen molar-refractivity contribution >= 4 is 15.9 Å². The first-order chi connectivity index (χ1) is 5.79. The minimum Gasteiger partial charge on any atom is -0.260 e. The molecule has 1 aromatic rings. The third-order valence-corrected chi connectivity index (χ3v) is 3.40. The fourth-order valence-corrected chi connectivity index (χ4v) is 2.52. The van der Waals surface area contributed by atoms with Crippen molar-refractivity contribution in [2.75, 3.05) is 0 Å². The van der Waals surface area contributed by atoms with Gasteiger partial charge in [0.2, 0.25) is 0 Å². The van der Waals surface area contributed by atoms with Crippen LogP contribution in [-0.4, -0.2) is 4.98 Å². The number of fused-ring (bicyclic) bond motifs is 1. The summed E-state index contributed by atoms with van der Waals surface area (Å²) in [7, 11) is 0. The first-order valence-electron chi connectivity index (χ1n) is 4.37. The van der Waals surface area contributed by atoms with Crippen molar-refractivity contribution in [2.45, 2.75) is 31.0 Å². The Morgan fingerprint density at radius 3 is 3.17 bits per heavy atom. The van der Waals surface area contributed by atoms with Gasteiger partial charge in [-0.25, -0.2) is 0 Å². The standard InChI is InChI=1S/C10H12BrN/c1-7-5-6-12-10-8(7)3-2-4-9(10)11/h5-6,9H,2-4H2,1H3/t9-/m1/s1. The predicted molar refractivity (Wildman–Crippen MR) is 53.6 cm³/mol. The highest BCUT2D eigenvalue weighted by molar-refractivity contribution is 9.09. The van der Waals surface area contributed by atoms with Gasteiger partial charge >= 0.3 is 0 Å². The van der Waals surface area contributed by atoms with Gasteiger partial charge in [-0.15, -0.1) is 0 Å². The van der Waals surface area contributed by atoms with Crippen molar-refractivity contribution in [1.29, 1.82) is 0 Å². The molecule has 64 valence electrons. The van der Waals surface area contributed by atoms with Crippen LogP contribution in [0.3, 0.4) is 0 Å². The van der Waals surface area contributed by atoms with Crippen molar-refractivity contribution in [3.05, 3.63) is 29.1 Å². The van der Waals surface area contributed by atoms with Crippen molar-refractivity contribution in [3.63, 3.8) is 0 Å². The van der Waals surface area contributed by atoms with Gasteiger partial charge in [0.25, 0.3) is 0 Å². The molecule has 0 spiro atoms. The molecule has 0 fully saturated rings. The van der Waals surface area contributed by atoms with E-state index >= 15 is 0 Å². The summed E-state index contributed by atoms with van der Waals surface area (Å²) in [5.74, 6) is 0. The van der Waals surface area contributed by atoms with Crippen LogP contribution in [0.4, 0.5) is 0 Å². The monoisotopic (exact) mass is 225 g/mol. The lowest BCUT2D eigenvalue weighted by molar-refractivity contribution is 0.659. The summed E-state index contributed by atoms with van der Waals surface area (Å²) in [5, 5.41) is 0. The van der Waals surface area contributed by atoms with E-state index in [0.29, 0.717) is 4.83 Å². The van der Waals surface area contributed by atoms with Crippen molar-refractivity contribution < 1.29 is 0 Å². The van der Waals surface area contributed by atoms with Crippen LogP contribution in [0.25, 0.3) is 0 Å². The predicted octanol–water partition coefficient (Wildman–Crippen LogP) is 3.16. The molecular formula is C10H12BrN. The minimum absolute atomic E-state index is 0.487. The third kappa shape index (κ3) is 1.28. The second kappa shape index (κ2) is 3.17. The smallest absolute Gasteiger partial charge is 0.0574 e. The molecule has 2 heteroatoms. The van der Waals surface area contributed by atoms with Gasteiger partial charge in [-0.2, -0.15) is 0 Å². The molecule has 1 aliphatic carbocycles. The van der Waals surface area contributed by atoms with Gasteiger partial charge in [-0.3, -0.25) is 4.98 Å². The number of alkyl halides is 1. The number of nitrogens with zero attached hydrogens (tertiary/aromatic N) is 1. The highest BCUT2D eigenvalue weighted by atomic mass is 79.9. The molecule has 1 aromatic heterocycles. The second-order valence-corrected chi connectivity index (χ2v) is 4.46. The fraction of sp³-hybridized carbons (Fsp3) is 0.500. The average Bonchev–Trinajstić information content (AvgIpc) is 2.07. The van der Waals surface area contributed by atoms with E-state index in [2.05, 4.69) is 33.9 Å². The second-order valence-electron chi connectivity index (χ2n) is 3.35. The highest BCUT2D eigenvalue weighted by Crippen LogP contribution is 2.35. The molecule has 1 atom stereocenters. The molecule has 0 aromatic carbocycles. The normalized spacial score (nSPS) is 22.0. The van der Waals surface area contributed by atoms with E-state index in [0.717, 1.165) is 0 Å². The van der Waals surface area contributed by atoms with E-state index < -0.39 is 0 Å². The van der Waals surface area contributed by atoms with E-state index in [9.17, 15) is 0 Å². The van der Waals surface area contributed by atoms with Gasteiger partial charge in [0.15, 0.2) is 0 Å². The van der Waals surface area contributed by atoms with Gasteiger partial charge in [-0.1, -0.05) is 15.9 Å². The largest absolute Gasteiger partial charge is 0.260 e. The van der Waals surface area contributed by atoms with Crippen LogP contribution in [0.2, 0.25) is 0 Å². The van der Waals surface area contributed by atoms with Gasteiger partial charge in [0.05, 0.1) is 10.5 Å². The van der Waals surface area contributed by atoms with Gasteiger partial charge < -0.3 is 0 Å². The Hall–Kier alpha value is -0.370. The average molecular weight is 226 g/mol. The Kier molecular flexibility index (Phi) is 2.18. The SMILES string of the molecule is Cc1ccnc2c1CCC[C@H]2Br. The summed E-state index contributed by atoms with van der Waals surface area (Å²) in [6.45, 7) is 2.17. The van der Waals surface area contributed by atoms with Gasteiger partial charge in [0.1, 0.15) is 0 Å². The molecule has 12 heavy (non-hydrogen) atoms. The topological polar surface area (TPSA) is 12.9 Å². The zero-order valence-corrected chi connectivity index (χ0v) is 8.76. The first kappa shape index (κ1) is 8.24.